The second kappa shape index (κ2) is 4.47. The van der Waals surface area contributed by atoms with E-state index in [0.717, 1.165) is 22.9 Å². The van der Waals surface area contributed by atoms with Gasteiger partial charge >= 0.3 is 0 Å². The van der Waals surface area contributed by atoms with Crippen molar-refractivity contribution in [1.82, 2.24) is 4.98 Å². The SMILES string of the molecule is Cc1cc(-c2nc(CCS)cs2)cs1. The molecule has 4 heteroatoms. The predicted molar refractivity (Wildman–Crippen MR) is 67.7 cm³/mol. The van der Waals surface area contributed by atoms with E-state index in [9.17, 15) is 0 Å². The van der Waals surface area contributed by atoms with Crippen molar-refractivity contribution in [2.45, 2.75) is 13.3 Å². The Morgan fingerprint density at radius 1 is 1.36 bits per heavy atom. The van der Waals surface area contributed by atoms with Crippen LogP contribution in [0.4, 0.5) is 0 Å². The molecule has 2 rings (SSSR count). The van der Waals surface area contributed by atoms with Gasteiger partial charge in [-0.15, -0.1) is 22.7 Å². The molecule has 0 amide bonds. The first-order valence-electron chi connectivity index (χ1n) is 4.40. The zero-order valence-electron chi connectivity index (χ0n) is 7.86. The lowest BCUT2D eigenvalue weighted by molar-refractivity contribution is 1.08. The average Bonchev–Trinajstić information content (AvgIpc) is 2.74. The van der Waals surface area contributed by atoms with E-state index < -0.39 is 0 Å². The van der Waals surface area contributed by atoms with Gasteiger partial charge in [0.05, 0.1) is 5.69 Å². The van der Waals surface area contributed by atoms with E-state index in [0.29, 0.717) is 0 Å². The number of aromatic nitrogens is 1. The Kier molecular flexibility index (Phi) is 3.26. The van der Waals surface area contributed by atoms with Crippen LogP contribution in [0.1, 0.15) is 10.6 Å². The Labute approximate surface area is 97.2 Å². The van der Waals surface area contributed by atoms with Gasteiger partial charge in [-0.05, 0) is 25.2 Å². The summed E-state index contributed by atoms with van der Waals surface area (Å²) in [6.07, 6.45) is 0.961. The number of rotatable bonds is 3. The van der Waals surface area contributed by atoms with Crippen LogP contribution in [0.25, 0.3) is 10.6 Å². The summed E-state index contributed by atoms with van der Waals surface area (Å²) in [5.41, 5.74) is 2.41. The van der Waals surface area contributed by atoms with Crippen molar-refractivity contribution in [3.63, 3.8) is 0 Å². The normalized spacial score (nSPS) is 10.7. The molecule has 0 fully saturated rings. The molecule has 0 aromatic carbocycles. The molecule has 1 nitrogen and oxygen atoms in total. The van der Waals surface area contributed by atoms with E-state index in [4.69, 9.17) is 0 Å². The third-order valence-electron chi connectivity index (χ3n) is 1.90. The van der Waals surface area contributed by atoms with Crippen molar-refractivity contribution in [2.24, 2.45) is 0 Å². The Hall–Kier alpha value is -0.320. The lowest BCUT2D eigenvalue weighted by Gasteiger charge is -1.89. The molecule has 0 saturated carbocycles. The first kappa shape index (κ1) is 10.2. The van der Waals surface area contributed by atoms with Gasteiger partial charge in [0.25, 0.3) is 0 Å². The molecule has 0 aliphatic heterocycles. The minimum Gasteiger partial charge on any atom is -0.241 e. The van der Waals surface area contributed by atoms with Crippen molar-refractivity contribution in [3.05, 3.63) is 27.4 Å². The molecule has 0 radical (unpaired) electrons. The lowest BCUT2D eigenvalue weighted by atomic mass is 10.3. The predicted octanol–water partition coefficient (Wildman–Crippen LogP) is 3.65. The zero-order valence-corrected chi connectivity index (χ0v) is 10.4. The Balaban J connectivity index is 2.24. The van der Waals surface area contributed by atoms with Gasteiger partial charge in [-0.3, -0.25) is 0 Å². The summed E-state index contributed by atoms with van der Waals surface area (Å²) in [4.78, 5) is 5.90. The van der Waals surface area contributed by atoms with Gasteiger partial charge in [-0.25, -0.2) is 4.98 Å². The van der Waals surface area contributed by atoms with E-state index in [1.165, 1.54) is 10.4 Å². The van der Waals surface area contributed by atoms with Gasteiger partial charge in [-0.2, -0.15) is 12.6 Å². The van der Waals surface area contributed by atoms with E-state index in [1.807, 2.05) is 0 Å². The molecule has 74 valence electrons. The number of nitrogens with zero attached hydrogens (tertiary/aromatic N) is 1. The number of hydrogen-bond acceptors (Lipinski definition) is 4. The van der Waals surface area contributed by atoms with Gasteiger partial charge in [0.1, 0.15) is 5.01 Å². The molecule has 14 heavy (non-hydrogen) atoms. The molecule has 0 N–H and O–H groups in total. The Morgan fingerprint density at radius 3 is 2.86 bits per heavy atom. The fraction of sp³-hybridized carbons (Fsp3) is 0.300. The number of aryl methyl sites for hydroxylation is 2. The summed E-state index contributed by atoms with van der Waals surface area (Å²) in [7, 11) is 0. The first-order chi connectivity index (χ1) is 6.79. The Morgan fingerprint density at radius 2 is 2.21 bits per heavy atom. The molecular weight excluding hydrogens is 230 g/mol. The maximum atomic E-state index is 4.56. The van der Waals surface area contributed by atoms with Crippen LogP contribution in [-0.2, 0) is 6.42 Å². The number of hydrogen-bond donors (Lipinski definition) is 1. The Bertz CT molecular complexity index is 416. The van der Waals surface area contributed by atoms with Crippen molar-refractivity contribution in [3.8, 4) is 10.6 Å². The van der Waals surface area contributed by atoms with Gasteiger partial charge in [0.15, 0.2) is 0 Å². The summed E-state index contributed by atoms with van der Waals surface area (Å²) < 4.78 is 0. The highest BCUT2D eigenvalue weighted by atomic mass is 32.1. The molecule has 2 aromatic rings. The van der Waals surface area contributed by atoms with E-state index in [2.05, 4.69) is 41.4 Å². The van der Waals surface area contributed by atoms with E-state index in [1.54, 1.807) is 22.7 Å². The summed E-state index contributed by atoms with van der Waals surface area (Å²) in [6, 6.07) is 2.19. The second-order valence-electron chi connectivity index (χ2n) is 3.06. The molecule has 0 atom stereocenters. The summed E-state index contributed by atoms with van der Waals surface area (Å²) in [6.45, 7) is 2.12. The van der Waals surface area contributed by atoms with Gasteiger partial charge in [0.2, 0.25) is 0 Å². The van der Waals surface area contributed by atoms with Crippen LogP contribution in [0.15, 0.2) is 16.8 Å². The fourth-order valence-electron chi connectivity index (χ4n) is 1.22. The van der Waals surface area contributed by atoms with Crippen molar-refractivity contribution in [2.75, 3.05) is 5.75 Å². The largest absolute Gasteiger partial charge is 0.241 e. The van der Waals surface area contributed by atoms with Crippen LogP contribution in [0.5, 0.6) is 0 Å². The molecule has 0 bridgehead atoms. The van der Waals surface area contributed by atoms with Crippen LogP contribution in [-0.4, -0.2) is 10.7 Å². The van der Waals surface area contributed by atoms with Crippen LogP contribution < -0.4 is 0 Å². The minimum absolute atomic E-state index is 0.867. The molecule has 0 aliphatic carbocycles. The number of thiol groups is 1. The summed E-state index contributed by atoms with van der Waals surface area (Å²) in [5.74, 6) is 0.867. The van der Waals surface area contributed by atoms with Crippen LogP contribution >= 0.6 is 35.3 Å². The highest BCUT2D eigenvalue weighted by molar-refractivity contribution is 7.80. The third-order valence-corrected chi connectivity index (χ3v) is 3.92. The molecule has 0 spiro atoms. The smallest absolute Gasteiger partial charge is 0.124 e. The fourth-order valence-corrected chi connectivity index (χ4v) is 3.06. The van der Waals surface area contributed by atoms with Crippen molar-refractivity contribution in [1.29, 1.82) is 0 Å². The van der Waals surface area contributed by atoms with Gasteiger partial charge in [-0.1, -0.05) is 0 Å². The average molecular weight is 241 g/mol. The third kappa shape index (κ3) is 2.19. The first-order valence-corrected chi connectivity index (χ1v) is 6.79. The van der Waals surface area contributed by atoms with E-state index >= 15 is 0 Å². The summed E-state index contributed by atoms with van der Waals surface area (Å²) >= 11 is 7.69. The second-order valence-corrected chi connectivity index (χ2v) is 5.48. The number of thiophene rings is 1. The molecule has 2 heterocycles. The van der Waals surface area contributed by atoms with Gasteiger partial charge in [0, 0.05) is 21.2 Å². The van der Waals surface area contributed by atoms with Crippen molar-refractivity contribution >= 4 is 35.3 Å². The van der Waals surface area contributed by atoms with E-state index in [-0.39, 0.29) is 0 Å². The highest BCUT2D eigenvalue weighted by Gasteiger charge is 2.05. The van der Waals surface area contributed by atoms with Gasteiger partial charge < -0.3 is 0 Å². The molecule has 0 unspecified atom stereocenters. The van der Waals surface area contributed by atoms with Crippen LogP contribution in [0.3, 0.4) is 0 Å². The highest BCUT2D eigenvalue weighted by Crippen LogP contribution is 2.28. The zero-order chi connectivity index (χ0) is 9.97. The topological polar surface area (TPSA) is 12.9 Å². The molecule has 0 saturated heterocycles. The molecule has 2 aromatic heterocycles. The quantitative estimate of drug-likeness (QED) is 0.809. The molecular formula is C10H11NS3. The minimum atomic E-state index is 0.867. The summed E-state index contributed by atoms with van der Waals surface area (Å²) in [5, 5.41) is 5.42. The molecule has 0 aliphatic rings. The van der Waals surface area contributed by atoms with Crippen LogP contribution in [0, 0.1) is 6.92 Å². The lowest BCUT2D eigenvalue weighted by Crippen LogP contribution is -1.85. The maximum absolute atomic E-state index is 4.56. The van der Waals surface area contributed by atoms with Crippen molar-refractivity contribution < 1.29 is 0 Å². The number of thiazole rings is 1. The monoisotopic (exact) mass is 241 g/mol. The standard InChI is InChI=1S/C10H11NS3/c1-7-4-8(5-13-7)10-11-9(2-3-12)6-14-10/h4-6,12H,2-3H2,1H3. The maximum Gasteiger partial charge on any atom is 0.124 e. The van der Waals surface area contributed by atoms with Crippen LogP contribution in [0.2, 0.25) is 0 Å².